The van der Waals surface area contributed by atoms with Crippen molar-refractivity contribution in [3.63, 3.8) is 0 Å². The molecule has 0 saturated carbocycles. The summed E-state index contributed by atoms with van der Waals surface area (Å²) in [6, 6.07) is 0. The fraction of sp³-hybridized carbons (Fsp3) is 0.839. The zero-order valence-corrected chi connectivity index (χ0v) is 25.1. The molecule has 0 fully saturated rings. The molecule has 0 aliphatic heterocycles. The largest absolute Gasteiger partial charge is 0.461 e. The van der Waals surface area contributed by atoms with Crippen molar-refractivity contribution in [1.29, 1.82) is 0 Å². The summed E-state index contributed by atoms with van der Waals surface area (Å²) in [5, 5.41) is 30.0. The summed E-state index contributed by atoms with van der Waals surface area (Å²) >= 11 is 0. The zero-order valence-electron chi connectivity index (χ0n) is 25.1. The first-order chi connectivity index (χ1) is 17.5. The van der Waals surface area contributed by atoms with Crippen molar-refractivity contribution in [2.24, 2.45) is 23.7 Å². The standard InChI is InChI=1S/C31H54O7/c1-10-19(2)29(35)36-26-17-23(37-30(4,5)6)15-21-12-11-20(3)25(28(21)26)14-13-22(32)16-24(18-27(33)34)38-31(7,8)9/h11-12,15,19-20,22-28,32-34H,10,13-14,16-18H2,1-9H3/t19-,20-,22+,23+,24+,25-,26-,28-/m0/s1. The predicted octanol–water partition coefficient (Wildman–Crippen LogP) is 5.31. The quantitative estimate of drug-likeness (QED) is 0.228. The van der Waals surface area contributed by atoms with E-state index >= 15 is 0 Å². The summed E-state index contributed by atoms with van der Waals surface area (Å²) in [4.78, 5) is 12.9. The van der Waals surface area contributed by atoms with Crippen LogP contribution in [0, 0.1) is 23.7 Å². The molecule has 3 N–H and O–H groups in total. The van der Waals surface area contributed by atoms with Crippen LogP contribution in [0.25, 0.3) is 0 Å². The van der Waals surface area contributed by atoms with Crippen molar-refractivity contribution in [2.45, 2.75) is 143 Å². The summed E-state index contributed by atoms with van der Waals surface area (Å²) in [6.45, 7) is 17.9. The molecule has 0 amide bonds. The van der Waals surface area contributed by atoms with Crippen LogP contribution in [0.2, 0.25) is 0 Å². The number of esters is 1. The lowest BCUT2D eigenvalue weighted by Crippen LogP contribution is -2.44. The van der Waals surface area contributed by atoms with Gasteiger partial charge in [0, 0.05) is 18.8 Å². The molecule has 0 heterocycles. The molecule has 8 atom stereocenters. The molecule has 0 bridgehead atoms. The number of fused-ring (bicyclic) bond motifs is 1. The first-order valence-electron chi connectivity index (χ1n) is 14.5. The van der Waals surface area contributed by atoms with Crippen LogP contribution >= 0.6 is 0 Å². The van der Waals surface area contributed by atoms with Crippen molar-refractivity contribution >= 4 is 5.97 Å². The fourth-order valence-electron chi connectivity index (χ4n) is 5.67. The zero-order chi connectivity index (χ0) is 28.8. The molecule has 0 saturated heterocycles. The Balaban J connectivity index is 2.21. The highest BCUT2D eigenvalue weighted by atomic mass is 16.6. The second-order valence-corrected chi connectivity index (χ2v) is 13.4. The van der Waals surface area contributed by atoms with E-state index in [0.29, 0.717) is 19.3 Å². The molecule has 220 valence electrons. The average Bonchev–Trinajstić information content (AvgIpc) is 2.75. The van der Waals surface area contributed by atoms with Crippen LogP contribution in [0.1, 0.15) is 101 Å². The van der Waals surface area contributed by atoms with Crippen molar-refractivity contribution in [1.82, 2.24) is 0 Å². The van der Waals surface area contributed by atoms with Gasteiger partial charge in [-0.15, -0.1) is 0 Å². The number of hydrogen-bond acceptors (Lipinski definition) is 7. The maximum Gasteiger partial charge on any atom is 0.308 e. The third kappa shape index (κ3) is 10.7. The molecule has 7 heteroatoms. The fourth-order valence-corrected chi connectivity index (χ4v) is 5.67. The Labute approximate surface area is 230 Å². The van der Waals surface area contributed by atoms with E-state index in [2.05, 4.69) is 25.2 Å². The third-order valence-corrected chi connectivity index (χ3v) is 7.51. The molecule has 7 nitrogen and oxygen atoms in total. The van der Waals surface area contributed by atoms with Gasteiger partial charge in [-0.3, -0.25) is 4.79 Å². The SMILES string of the molecule is CC[C@H](C)C(=O)O[C@H]1C[C@H](OC(C)(C)C)C=C2C=C[C@H](C)[C@H](CC[C@@H](O)C[C@H](CC(O)O)OC(C)(C)C)[C@H]21. The molecule has 2 aliphatic rings. The molecule has 38 heavy (non-hydrogen) atoms. The minimum Gasteiger partial charge on any atom is -0.461 e. The smallest absolute Gasteiger partial charge is 0.308 e. The first-order valence-corrected chi connectivity index (χ1v) is 14.5. The van der Waals surface area contributed by atoms with E-state index in [4.69, 9.17) is 14.2 Å². The first kappa shape index (κ1) is 33.0. The molecular weight excluding hydrogens is 484 g/mol. The highest BCUT2D eigenvalue weighted by molar-refractivity contribution is 5.72. The maximum absolute atomic E-state index is 12.9. The molecule has 0 radical (unpaired) electrons. The highest BCUT2D eigenvalue weighted by Crippen LogP contribution is 2.45. The van der Waals surface area contributed by atoms with E-state index in [1.807, 2.05) is 55.4 Å². The molecule has 0 aromatic rings. The Kier molecular flexibility index (Phi) is 12.0. The topological polar surface area (TPSA) is 105 Å². The second kappa shape index (κ2) is 13.9. The van der Waals surface area contributed by atoms with Gasteiger partial charge in [0.1, 0.15) is 6.10 Å². The summed E-state index contributed by atoms with van der Waals surface area (Å²) in [7, 11) is 0. The van der Waals surface area contributed by atoms with Crippen LogP contribution in [0.15, 0.2) is 23.8 Å². The minimum atomic E-state index is -1.49. The Hall–Kier alpha value is -1.25. The minimum absolute atomic E-state index is 0.0379. The van der Waals surface area contributed by atoms with Gasteiger partial charge in [-0.25, -0.2) is 0 Å². The number of aliphatic hydroxyl groups is 3. The molecule has 2 aliphatic carbocycles. The molecule has 0 unspecified atom stereocenters. The number of carbonyl (C=O) groups is 1. The van der Waals surface area contributed by atoms with Gasteiger partial charge in [0.2, 0.25) is 0 Å². The van der Waals surface area contributed by atoms with Crippen LogP contribution in [0.5, 0.6) is 0 Å². The Morgan fingerprint density at radius 3 is 2.29 bits per heavy atom. The summed E-state index contributed by atoms with van der Waals surface area (Å²) in [6.07, 6.45) is 6.54. The maximum atomic E-state index is 12.9. The summed E-state index contributed by atoms with van der Waals surface area (Å²) in [5.41, 5.74) is 0.368. The predicted molar refractivity (Wildman–Crippen MR) is 149 cm³/mol. The van der Waals surface area contributed by atoms with Gasteiger partial charge in [0.25, 0.3) is 0 Å². The monoisotopic (exact) mass is 538 g/mol. The molecule has 0 spiro atoms. The van der Waals surface area contributed by atoms with E-state index in [1.165, 1.54) is 0 Å². The van der Waals surface area contributed by atoms with Crippen LogP contribution in [0.3, 0.4) is 0 Å². The normalized spacial score (nSPS) is 28.4. The van der Waals surface area contributed by atoms with E-state index in [0.717, 1.165) is 18.4 Å². The lowest BCUT2D eigenvalue weighted by Gasteiger charge is -2.44. The van der Waals surface area contributed by atoms with E-state index in [1.54, 1.807) is 0 Å². The van der Waals surface area contributed by atoms with Crippen LogP contribution in [0.4, 0.5) is 0 Å². The van der Waals surface area contributed by atoms with E-state index < -0.39 is 24.1 Å². The molecular formula is C31H54O7. The number of allylic oxidation sites excluding steroid dienone is 2. The molecule has 0 aromatic heterocycles. The van der Waals surface area contributed by atoms with Gasteiger partial charge in [-0.05, 0) is 84.6 Å². The van der Waals surface area contributed by atoms with E-state index in [-0.39, 0.29) is 53.9 Å². The Morgan fingerprint density at radius 1 is 1.08 bits per heavy atom. The number of hydrogen-bond donors (Lipinski definition) is 3. The number of aliphatic hydroxyl groups excluding tert-OH is 2. The number of rotatable bonds is 12. The number of ether oxygens (including phenoxy) is 3. The third-order valence-electron chi connectivity index (χ3n) is 7.51. The van der Waals surface area contributed by atoms with Gasteiger partial charge >= 0.3 is 5.97 Å². The summed E-state index contributed by atoms with van der Waals surface area (Å²) in [5.74, 6) is 0.159. The second-order valence-electron chi connectivity index (χ2n) is 13.4. The Morgan fingerprint density at radius 2 is 1.74 bits per heavy atom. The van der Waals surface area contributed by atoms with Gasteiger partial charge in [0.05, 0.1) is 35.4 Å². The molecule has 2 rings (SSSR count). The number of carbonyl (C=O) groups excluding carboxylic acids is 1. The van der Waals surface area contributed by atoms with Crippen LogP contribution < -0.4 is 0 Å². The molecule has 0 aromatic carbocycles. The van der Waals surface area contributed by atoms with E-state index in [9.17, 15) is 20.1 Å². The van der Waals surface area contributed by atoms with Gasteiger partial charge in [-0.1, -0.05) is 39.0 Å². The van der Waals surface area contributed by atoms with Gasteiger partial charge < -0.3 is 29.5 Å². The van der Waals surface area contributed by atoms with Crippen molar-refractivity contribution < 1.29 is 34.3 Å². The lowest BCUT2D eigenvalue weighted by molar-refractivity contribution is -0.161. The lowest BCUT2D eigenvalue weighted by atomic mass is 9.66. The average molecular weight is 539 g/mol. The van der Waals surface area contributed by atoms with Gasteiger partial charge in [0.15, 0.2) is 6.29 Å². The highest BCUT2D eigenvalue weighted by Gasteiger charge is 2.43. The van der Waals surface area contributed by atoms with Crippen molar-refractivity contribution in [3.05, 3.63) is 23.8 Å². The Bertz CT molecular complexity index is 804. The van der Waals surface area contributed by atoms with Crippen LogP contribution in [-0.2, 0) is 19.0 Å². The van der Waals surface area contributed by atoms with Crippen LogP contribution in [-0.4, -0.2) is 63.2 Å². The van der Waals surface area contributed by atoms with Crippen molar-refractivity contribution in [2.75, 3.05) is 0 Å². The van der Waals surface area contributed by atoms with Gasteiger partial charge in [-0.2, -0.15) is 0 Å². The van der Waals surface area contributed by atoms with Crippen molar-refractivity contribution in [3.8, 4) is 0 Å². The summed E-state index contributed by atoms with van der Waals surface area (Å²) < 4.78 is 18.5.